The molecule has 2 aliphatic rings. The number of aliphatic hydroxyl groups excluding tert-OH is 1. The Balaban J connectivity index is 2.01. The number of nitrogens with zero attached hydrogens (tertiary/aromatic N) is 1. The van der Waals surface area contributed by atoms with Gasteiger partial charge in [0, 0.05) is 62.9 Å². The van der Waals surface area contributed by atoms with Gasteiger partial charge in [0.2, 0.25) is 41.4 Å². The maximum atomic E-state index is 14.3. The fourth-order valence-electron chi connectivity index (χ4n) is 8.94. The van der Waals surface area contributed by atoms with Crippen molar-refractivity contribution in [2.75, 3.05) is 20.1 Å². The van der Waals surface area contributed by atoms with Crippen molar-refractivity contribution in [3.8, 4) is 5.75 Å². The van der Waals surface area contributed by atoms with Gasteiger partial charge in [0.05, 0.1) is 24.2 Å². The lowest BCUT2D eigenvalue weighted by Gasteiger charge is -2.32. The number of fused-ring (bicyclic) bond motifs is 1. The molecule has 0 spiro atoms. The SMILES string of the molecule is CCC(C)[C@H](CC(=O)[C@@H](NC(=O)[C@@H]1CCC(=O)NCCCC[C@H](NC)C(=O)C[C@@H](Cc2ccc(O)cc2)C(=O)N[C@@H](C(C)O)C(=O)N2CCC[C@H]2C(=O)N[C@@H](CCC(N)=O)C(=O)C1)C(C)C)C(N)=O. The predicted molar refractivity (Wildman–Crippen MR) is 254 cm³/mol. The van der Waals surface area contributed by atoms with Gasteiger partial charge < -0.3 is 53.2 Å². The van der Waals surface area contributed by atoms with E-state index in [4.69, 9.17) is 11.5 Å². The number of likely N-dealkylation sites (N-methyl/N-ethyl adjacent to an activating group) is 1. The Morgan fingerprint density at radius 3 is 2.14 bits per heavy atom. The molecule has 69 heavy (non-hydrogen) atoms. The molecule has 2 saturated heterocycles. The highest BCUT2D eigenvalue weighted by atomic mass is 16.3. The molecule has 0 radical (unpaired) electrons. The van der Waals surface area contributed by atoms with Gasteiger partial charge >= 0.3 is 0 Å². The summed E-state index contributed by atoms with van der Waals surface area (Å²) in [5.41, 5.74) is 11.7. The lowest BCUT2D eigenvalue weighted by Crippen LogP contribution is -2.58. The second-order valence-electron chi connectivity index (χ2n) is 19.1. The quantitative estimate of drug-likeness (QED) is 0.110. The van der Waals surface area contributed by atoms with Crippen LogP contribution in [0.2, 0.25) is 0 Å². The number of hydrogen-bond acceptors (Lipinski definition) is 13. The largest absolute Gasteiger partial charge is 0.508 e. The van der Waals surface area contributed by atoms with Crippen LogP contribution in [0, 0.1) is 29.6 Å². The lowest BCUT2D eigenvalue weighted by atomic mass is 9.83. The summed E-state index contributed by atoms with van der Waals surface area (Å²) in [6.07, 6.45) is -1.07. The van der Waals surface area contributed by atoms with Gasteiger partial charge in [0.15, 0.2) is 17.3 Å². The molecule has 1 aromatic carbocycles. The number of hydrogen-bond donors (Lipinski definition) is 9. The smallest absolute Gasteiger partial charge is 0.248 e. The van der Waals surface area contributed by atoms with E-state index < -0.39 is 119 Å². The minimum absolute atomic E-state index is 0.00120. The van der Waals surface area contributed by atoms with Gasteiger partial charge in [-0.15, -0.1) is 0 Å². The van der Waals surface area contributed by atoms with Crippen molar-refractivity contribution < 1.29 is 58.2 Å². The zero-order valence-electron chi connectivity index (χ0n) is 41.1. The molecule has 20 nitrogen and oxygen atoms in total. The summed E-state index contributed by atoms with van der Waals surface area (Å²) < 4.78 is 0. The molecule has 0 aromatic heterocycles. The molecule has 384 valence electrons. The highest BCUT2D eigenvalue weighted by Gasteiger charge is 2.42. The molecule has 0 saturated carbocycles. The number of rotatable bonds is 16. The number of Topliss-reactive ketones (excluding diaryl/α,β-unsaturated/α-hetero) is 3. The van der Waals surface area contributed by atoms with Crippen LogP contribution in [-0.4, -0.2) is 130 Å². The molecule has 11 N–H and O–H groups in total. The van der Waals surface area contributed by atoms with Crippen molar-refractivity contribution in [3.63, 3.8) is 0 Å². The van der Waals surface area contributed by atoms with Gasteiger partial charge in [0.25, 0.3) is 0 Å². The Bertz CT molecular complexity index is 1980. The van der Waals surface area contributed by atoms with E-state index in [0.29, 0.717) is 37.7 Å². The second kappa shape index (κ2) is 28.0. The molecule has 20 heteroatoms. The summed E-state index contributed by atoms with van der Waals surface area (Å²) in [4.78, 5) is 137. The fourth-order valence-corrected chi connectivity index (χ4v) is 8.94. The van der Waals surface area contributed by atoms with Crippen LogP contribution in [0.25, 0.3) is 0 Å². The number of amides is 7. The Hall–Kier alpha value is -5.76. The number of ketones is 3. The third-order valence-corrected chi connectivity index (χ3v) is 13.5. The molecule has 0 aliphatic carbocycles. The molecule has 0 bridgehead atoms. The maximum Gasteiger partial charge on any atom is 0.248 e. The number of carbonyl (C=O) groups is 10. The first-order chi connectivity index (χ1) is 32.6. The van der Waals surface area contributed by atoms with Crippen molar-refractivity contribution >= 4 is 58.7 Å². The Morgan fingerprint density at radius 1 is 0.870 bits per heavy atom. The Morgan fingerprint density at radius 2 is 1.55 bits per heavy atom. The molecule has 7 amide bonds. The topological polar surface area (TPSA) is 327 Å². The van der Waals surface area contributed by atoms with Crippen LogP contribution < -0.4 is 38.1 Å². The number of phenolic OH excluding ortho intramolecular Hbond substituents is 1. The highest BCUT2D eigenvalue weighted by Crippen LogP contribution is 2.25. The predicted octanol–water partition coefficient (Wildman–Crippen LogP) is 0.608. The summed E-state index contributed by atoms with van der Waals surface area (Å²) in [7, 11) is 1.61. The first kappa shape index (κ1) is 57.6. The monoisotopic (exact) mass is 969 g/mol. The molecule has 2 unspecified atom stereocenters. The van der Waals surface area contributed by atoms with E-state index >= 15 is 0 Å². The zero-order chi connectivity index (χ0) is 51.5. The van der Waals surface area contributed by atoms with Crippen LogP contribution in [0.5, 0.6) is 5.75 Å². The Labute approximate surface area is 405 Å². The maximum absolute atomic E-state index is 14.3. The summed E-state index contributed by atoms with van der Waals surface area (Å²) in [5, 5.41) is 34.7. The number of benzene rings is 1. The normalized spacial score (nSPS) is 25.0. The van der Waals surface area contributed by atoms with Crippen molar-refractivity contribution in [1.82, 2.24) is 31.5 Å². The molecule has 2 fully saturated rings. The summed E-state index contributed by atoms with van der Waals surface area (Å²) in [6, 6.07) is 0.211. The first-order valence-corrected chi connectivity index (χ1v) is 24.3. The van der Waals surface area contributed by atoms with Gasteiger partial charge in [0.1, 0.15) is 17.8 Å². The van der Waals surface area contributed by atoms with Gasteiger partial charge in [-0.3, -0.25) is 47.9 Å². The minimum Gasteiger partial charge on any atom is -0.508 e. The van der Waals surface area contributed by atoms with Crippen molar-refractivity contribution in [2.45, 2.75) is 161 Å². The first-order valence-electron chi connectivity index (χ1n) is 24.3. The van der Waals surface area contributed by atoms with Gasteiger partial charge in [-0.2, -0.15) is 0 Å². The molecule has 2 aliphatic heterocycles. The average Bonchev–Trinajstić information content (AvgIpc) is 3.80. The van der Waals surface area contributed by atoms with E-state index in [9.17, 15) is 58.2 Å². The highest BCUT2D eigenvalue weighted by molar-refractivity contribution is 5.98. The van der Waals surface area contributed by atoms with E-state index in [2.05, 4.69) is 26.6 Å². The molecule has 1 aromatic rings. The van der Waals surface area contributed by atoms with Crippen molar-refractivity contribution in [2.24, 2.45) is 41.1 Å². The van der Waals surface area contributed by atoms with E-state index in [1.165, 1.54) is 24.0 Å². The molecule has 2 heterocycles. The molecule has 3 rings (SSSR count). The van der Waals surface area contributed by atoms with E-state index in [-0.39, 0.29) is 81.9 Å². The van der Waals surface area contributed by atoms with Crippen LogP contribution in [-0.2, 0) is 54.4 Å². The van der Waals surface area contributed by atoms with E-state index in [0.717, 1.165) is 0 Å². The van der Waals surface area contributed by atoms with Crippen molar-refractivity contribution in [3.05, 3.63) is 29.8 Å². The van der Waals surface area contributed by atoms with Crippen LogP contribution >= 0.6 is 0 Å². The number of aromatic hydroxyl groups is 1. The van der Waals surface area contributed by atoms with Crippen LogP contribution in [0.1, 0.15) is 124 Å². The zero-order valence-corrected chi connectivity index (χ0v) is 41.1. The number of nitrogens with one attached hydrogen (secondary N) is 5. The number of carbonyl (C=O) groups excluding carboxylic acids is 10. The third-order valence-electron chi connectivity index (χ3n) is 13.5. The summed E-state index contributed by atoms with van der Waals surface area (Å²) in [5.74, 6) is -9.95. The standard InChI is InChI=1S/C49H76N8O12/c1-7-28(4)34(45(51)65)26-40(62)43(27(2)3)55-46(66)31-15-20-42(64)53-21-9-8-11-35(52-6)38(60)25-32(23-30-13-16-33(59)17-14-30)47(67)56-44(29(5)58)49(69)57-22-10-12-37(57)48(68)54-36(39(61)24-31)18-19-41(50)63/h13-14,16-17,27-29,31-32,34-37,43-44,52,58-59H,7-12,15,18-26H2,1-6H3,(H2,50,63)(H2,51,65)(H,53,64)(H,54,68)(H,55,66)(H,56,67)/t28?,29?,31-,32-,34+,35+,36+,37+,43+,44+/m1/s1. The minimum atomic E-state index is -1.55. The van der Waals surface area contributed by atoms with Crippen LogP contribution in [0.3, 0.4) is 0 Å². The lowest BCUT2D eigenvalue weighted by molar-refractivity contribution is -0.145. The van der Waals surface area contributed by atoms with E-state index in [1.807, 2.05) is 6.92 Å². The van der Waals surface area contributed by atoms with Crippen molar-refractivity contribution in [1.29, 1.82) is 0 Å². The van der Waals surface area contributed by atoms with Crippen LogP contribution in [0.4, 0.5) is 0 Å². The number of phenols is 1. The summed E-state index contributed by atoms with van der Waals surface area (Å²) >= 11 is 0. The molecular formula is C49H76N8O12. The van der Waals surface area contributed by atoms with Crippen LogP contribution in [0.15, 0.2) is 24.3 Å². The number of nitrogens with two attached hydrogens (primary N) is 2. The number of primary amides is 2. The fraction of sp³-hybridized carbons (Fsp3) is 0.673. The van der Waals surface area contributed by atoms with Gasteiger partial charge in [-0.25, -0.2) is 0 Å². The van der Waals surface area contributed by atoms with E-state index in [1.54, 1.807) is 40.0 Å². The summed E-state index contributed by atoms with van der Waals surface area (Å²) in [6.45, 7) is 8.64. The number of aliphatic hydroxyl groups is 1. The molecular weight excluding hydrogens is 893 g/mol. The average molecular weight is 969 g/mol. The second-order valence-corrected chi connectivity index (χ2v) is 19.1. The Kier molecular flexibility index (Phi) is 23.4. The van der Waals surface area contributed by atoms with Gasteiger partial charge in [-0.1, -0.05) is 46.2 Å². The third kappa shape index (κ3) is 17.9. The molecule has 10 atom stereocenters. The van der Waals surface area contributed by atoms with Gasteiger partial charge in [-0.05, 0) is 94.9 Å².